The average Bonchev–Trinajstić information content (AvgIpc) is 2.32. The van der Waals surface area contributed by atoms with E-state index in [9.17, 15) is 0 Å². The standard InChI is InChI=1S/C15H26N2O2/c1-12(2)11-19-13-6-7-14(16-10-13)18-9-8-17-15(3,4)5/h6-7,10,12,17H,8-9,11H2,1-5H3. The van der Waals surface area contributed by atoms with Crippen molar-refractivity contribution >= 4 is 0 Å². The van der Waals surface area contributed by atoms with E-state index in [1.165, 1.54) is 0 Å². The molecule has 1 N–H and O–H groups in total. The SMILES string of the molecule is CC(C)COc1ccc(OCCNC(C)(C)C)nc1. The Labute approximate surface area is 116 Å². The molecule has 0 unspecified atom stereocenters. The van der Waals surface area contributed by atoms with Crippen LogP contribution in [0.15, 0.2) is 18.3 Å². The molecule has 1 aromatic heterocycles. The predicted octanol–water partition coefficient (Wildman–Crippen LogP) is 2.88. The first-order valence-corrected chi connectivity index (χ1v) is 6.83. The summed E-state index contributed by atoms with van der Waals surface area (Å²) in [5, 5.41) is 3.36. The third kappa shape index (κ3) is 7.67. The molecule has 0 saturated heterocycles. The van der Waals surface area contributed by atoms with Crippen molar-refractivity contribution in [1.82, 2.24) is 10.3 Å². The molecule has 19 heavy (non-hydrogen) atoms. The van der Waals surface area contributed by atoms with Crippen molar-refractivity contribution in [1.29, 1.82) is 0 Å². The lowest BCUT2D eigenvalue weighted by Crippen LogP contribution is -2.38. The van der Waals surface area contributed by atoms with Gasteiger partial charge in [0.25, 0.3) is 0 Å². The molecule has 0 aliphatic carbocycles. The first-order valence-electron chi connectivity index (χ1n) is 6.83. The first kappa shape index (κ1) is 15.8. The molecule has 108 valence electrons. The molecule has 1 aromatic rings. The van der Waals surface area contributed by atoms with Crippen LogP contribution in [-0.2, 0) is 0 Å². The topological polar surface area (TPSA) is 43.4 Å². The number of hydrogen-bond donors (Lipinski definition) is 1. The summed E-state index contributed by atoms with van der Waals surface area (Å²) in [4.78, 5) is 4.22. The number of nitrogens with one attached hydrogen (secondary N) is 1. The summed E-state index contributed by atoms with van der Waals surface area (Å²) >= 11 is 0. The van der Waals surface area contributed by atoms with Gasteiger partial charge in [-0.3, -0.25) is 0 Å². The van der Waals surface area contributed by atoms with Gasteiger partial charge in [0.2, 0.25) is 5.88 Å². The van der Waals surface area contributed by atoms with Crippen LogP contribution in [0.25, 0.3) is 0 Å². The Balaban J connectivity index is 2.28. The van der Waals surface area contributed by atoms with Crippen LogP contribution in [0.4, 0.5) is 0 Å². The molecule has 4 heteroatoms. The summed E-state index contributed by atoms with van der Waals surface area (Å²) in [6, 6.07) is 3.73. The third-order valence-corrected chi connectivity index (χ3v) is 2.30. The number of ether oxygens (including phenoxy) is 2. The molecule has 0 atom stereocenters. The normalized spacial score (nSPS) is 11.7. The molecular formula is C15H26N2O2. The fourth-order valence-corrected chi connectivity index (χ4v) is 1.38. The minimum Gasteiger partial charge on any atom is -0.492 e. The zero-order valence-corrected chi connectivity index (χ0v) is 12.7. The van der Waals surface area contributed by atoms with E-state index in [1.807, 2.05) is 12.1 Å². The lowest BCUT2D eigenvalue weighted by Gasteiger charge is -2.20. The van der Waals surface area contributed by atoms with Crippen molar-refractivity contribution in [3.05, 3.63) is 18.3 Å². The number of rotatable bonds is 7. The van der Waals surface area contributed by atoms with Gasteiger partial charge in [0, 0.05) is 18.2 Å². The van der Waals surface area contributed by atoms with E-state index in [-0.39, 0.29) is 5.54 Å². The highest BCUT2D eigenvalue weighted by molar-refractivity contribution is 5.22. The maximum absolute atomic E-state index is 5.56. The molecule has 1 heterocycles. The van der Waals surface area contributed by atoms with Gasteiger partial charge in [-0.05, 0) is 32.8 Å². The maximum atomic E-state index is 5.56. The number of pyridine rings is 1. The minimum atomic E-state index is 0.116. The van der Waals surface area contributed by atoms with Crippen LogP contribution >= 0.6 is 0 Å². The second kappa shape index (κ2) is 7.34. The highest BCUT2D eigenvalue weighted by Crippen LogP contribution is 2.14. The van der Waals surface area contributed by atoms with E-state index in [4.69, 9.17) is 9.47 Å². The van der Waals surface area contributed by atoms with Crippen molar-refractivity contribution in [3.8, 4) is 11.6 Å². The number of aromatic nitrogens is 1. The van der Waals surface area contributed by atoms with E-state index in [0.717, 1.165) is 12.3 Å². The zero-order chi connectivity index (χ0) is 14.3. The van der Waals surface area contributed by atoms with Gasteiger partial charge in [-0.25, -0.2) is 4.98 Å². The quantitative estimate of drug-likeness (QED) is 0.771. The van der Waals surface area contributed by atoms with E-state index >= 15 is 0 Å². The van der Waals surface area contributed by atoms with Crippen LogP contribution in [0.3, 0.4) is 0 Å². The molecule has 0 aliphatic heterocycles. The molecule has 0 amide bonds. The Morgan fingerprint density at radius 3 is 2.47 bits per heavy atom. The lowest BCUT2D eigenvalue weighted by atomic mass is 10.1. The van der Waals surface area contributed by atoms with Gasteiger partial charge in [0.15, 0.2) is 0 Å². The molecule has 0 aromatic carbocycles. The van der Waals surface area contributed by atoms with Crippen LogP contribution in [-0.4, -0.2) is 30.3 Å². The van der Waals surface area contributed by atoms with E-state index < -0.39 is 0 Å². The second-order valence-electron chi connectivity index (χ2n) is 6.06. The van der Waals surface area contributed by atoms with Crippen molar-refractivity contribution in [2.75, 3.05) is 19.8 Å². The number of nitrogens with zero attached hydrogens (tertiary/aromatic N) is 1. The fourth-order valence-electron chi connectivity index (χ4n) is 1.38. The second-order valence-corrected chi connectivity index (χ2v) is 6.06. The Morgan fingerprint density at radius 1 is 1.21 bits per heavy atom. The van der Waals surface area contributed by atoms with Crippen LogP contribution in [0.2, 0.25) is 0 Å². The van der Waals surface area contributed by atoms with Gasteiger partial charge >= 0.3 is 0 Å². The van der Waals surface area contributed by atoms with Crippen molar-refractivity contribution in [3.63, 3.8) is 0 Å². The molecule has 0 fully saturated rings. The Morgan fingerprint density at radius 2 is 1.95 bits per heavy atom. The molecule has 0 spiro atoms. The van der Waals surface area contributed by atoms with Crippen molar-refractivity contribution in [2.45, 2.75) is 40.2 Å². The van der Waals surface area contributed by atoms with Gasteiger partial charge in [-0.2, -0.15) is 0 Å². The molecular weight excluding hydrogens is 240 g/mol. The molecule has 0 aliphatic rings. The van der Waals surface area contributed by atoms with Gasteiger partial charge < -0.3 is 14.8 Å². The van der Waals surface area contributed by atoms with Crippen molar-refractivity contribution in [2.24, 2.45) is 5.92 Å². The van der Waals surface area contributed by atoms with Gasteiger partial charge in [-0.1, -0.05) is 13.8 Å². The lowest BCUT2D eigenvalue weighted by molar-refractivity contribution is 0.265. The average molecular weight is 266 g/mol. The summed E-state index contributed by atoms with van der Waals surface area (Å²) in [6.45, 7) is 12.7. The smallest absolute Gasteiger partial charge is 0.213 e. The number of hydrogen-bond acceptors (Lipinski definition) is 4. The summed E-state index contributed by atoms with van der Waals surface area (Å²) in [5.74, 6) is 1.93. The van der Waals surface area contributed by atoms with Crippen LogP contribution < -0.4 is 14.8 Å². The largest absolute Gasteiger partial charge is 0.492 e. The molecule has 1 rings (SSSR count). The van der Waals surface area contributed by atoms with Gasteiger partial charge in [0.1, 0.15) is 12.4 Å². The highest BCUT2D eigenvalue weighted by atomic mass is 16.5. The van der Waals surface area contributed by atoms with Gasteiger partial charge in [-0.15, -0.1) is 0 Å². The Hall–Kier alpha value is -1.29. The molecule has 4 nitrogen and oxygen atoms in total. The highest BCUT2D eigenvalue weighted by Gasteiger charge is 2.07. The Kier molecular flexibility index (Phi) is 6.09. The maximum Gasteiger partial charge on any atom is 0.213 e. The summed E-state index contributed by atoms with van der Waals surface area (Å²) in [5.41, 5.74) is 0.116. The molecule has 0 radical (unpaired) electrons. The van der Waals surface area contributed by atoms with Crippen LogP contribution in [0.5, 0.6) is 11.6 Å². The van der Waals surface area contributed by atoms with E-state index in [0.29, 0.717) is 25.0 Å². The fraction of sp³-hybridized carbons (Fsp3) is 0.667. The monoisotopic (exact) mass is 266 g/mol. The first-order chi connectivity index (χ1) is 8.87. The zero-order valence-electron chi connectivity index (χ0n) is 12.7. The summed E-state index contributed by atoms with van der Waals surface area (Å²) < 4.78 is 11.1. The molecule has 0 bridgehead atoms. The minimum absolute atomic E-state index is 0.116. The third-order valence-electron chi connectivity index (χ3n) is 2.30. The van der Waals surface area contributed by atoms with Crippen LogP contribution in [0.1, 0.15) is 34.6 Å². The summed E-state index contributed by atoms with van der Waals surface area (Å²) in [6.07, 6.45) is 1.70. The van der Waals surface area contributed by atoms with Crippen molar-refractivity contribution < 1.29 is 9.47 Å². The van der Waals surface area contributed by atoms with E-state index in [1.54, 1.807) is 6.20 Å². The molecule has 0 saturated carbocycles. The summed E-state index contributed by atoms with van der Waals surface area (Å²) in [7, 11) is 0. The predicted molar refractivity (Wildman–Crippen MR) is 77.8 cm³/mol. The van der Waals surface area contributed by atoms with E-state index in [2.05, 4.69) is 44.9 Å². The van der Waals surface area contributed by atoms with Gasteiger partial charge in [0.05, 0.1) is 12.8 Å². The Bertz CT molecular complexity index is 355. The van der Waals surface area contributed by atoms with Crippen LogP contribution in [0, 0.1) is 5.92 Å².